The number of nitrogens with zero attached hydrogens (tertiary/aromatic N) is 3. The van der Waals surface area contributed by atoms with Gasteiger partial charge in [-0.15, -0.1) is 0 Å². The van der Waals surface area contributed by atoms with Crippen molar-refractivity contribution in [2.24, 2.45) is 12.1 Å². The van der Waals surface area contributed by atoms with Crippen molar-refractivity contribution in [3.63, 3.8) is 0 Å². The normalized spacial score (nSPS) is 11.2. The minimum Gasteiger partial charge on any atom is -0.334 e. The molecule has 0 bridgehead atoms. The predicted molar refractivity (Wildman–Crippen MR) is 92.2 cm³/mol. The highest BCUT2D eigenvalue weighted by atomic mass is 35.5. The van der Waals surface area contributed by atoms with Crippen LogP contribution in [0.3, 0.4) is 0 Å². The fourth-order valence-corrected chi connectivity index (χ4v) is 2.62. The summed E-state index contributed by atoms with van der Waals surface area (Å²) in [5, 5.41) is 16.5. The van der Waals surface area contributed by atoms with Crippen LogP contribution in [-0.2, 0) is 7.05 Å². The number of para-hydroxylation sites is 1. The molecule has 1 heterocycles. The molecule has 1 aromatic heterocycles. The molecule has 0 aliphatic rings. The van der Waals surface area contributed by atoms with Gasteiger partial charge in [-0.1, -0.05) is 35.9 Å². The number of halogens is 1. The van der Waals surface area contributed by atoms with Gasteiger partial charge in [0.15, 0.2) is 0 Å². The number of nitro groups is 1. The van der Waals surface area contributed by atoms with Crippen LogP contribution in [-0.4, -0.2) is 15.7 Å². The molecule has 0 atom stereocenters. The lowest BCUT2D eigenvalue weighted by Crippen LogP contribution is -1.93. The molecule has 3 rings (SSSR count). The molecule has 7 heteroatoms. The fourth-order valence-electron chi connectivity index (χ4n) is 2.37. The van der Waals surface area contributed by atoms with Crippen molar-refractivity contribution in [2.45, 2.75) is 0 Å². The van der Waals surface area contributed by atoms with Gasteiger partial charge < -0.3 is 4.57 Å². The van der Waals surface area contributed by atoms with Crippen LogP contribution in [0.4, 0.5) is 11.4 Å². The highest BCUT2D eigenvalue weighted by molar-refractivity contribution is 6.34. The maximum atomic E-state index is 10.8. The first kappa shape index (κ1) is 15.1. The monoisotopic (exact) mass is 328 g/mol. The summed E-state index contributed by atoms with van der Waals surface area (Å²) in [5.41, 5.74) is 5.13. The Bertz CT molecular complexity index is 918. The number of hydrogen-bond donors (Lipinski definition) is 1. The molecule has 3 aromatic rings. The second kappa shape index (κ2) is 6.10. The average Bonchev–Trinajstić information content (AvgIpc) is 2.80. The van der Waals surface area contributed by atoms with Gasteiger partial charge in [0.1, 0.15) is 5.15 Å². The number of hydrogen-bond acceptors (Lipinski definition) is 4. The number of aryl methyl sites for hydroxylation is 1. The number of rotatable bonds is 4. The van der Waals surface area contributed by atoms with Gasteiger partial charge in [-0.25, -0.2) is 0 Å². The van der Waals surface area contributed by atoms with Gasteiger partial charge in [0.05, 0.1) is 16.8 Å². The zero-order chi connectivity index (χ0) is 16.4. The van der Waals surface area contributed by atoms with Crippen LogP contribution in [0.25, 0.3) is 10.9 Å². The number of anilines is 1. The van der Waals surface area contributed by atoms with Crippen LogP contribution in [0.5, 0.6) is 0 Å². The van der Waals surface area contributed by atoms with Gasteiger partial charge in [0.25, 0.3) is 5.69 Å². The molecule has 6 nitrogen and oxygen atoms in total. The van der Waals surface area contributed by atoms with Crippen LogP contribution >= 0.6 is 11.6 Å². The molecule has 0 unspecified atom stereocenters. The van der Waals surface area contributed by atoms with Gasteiger partial charge in [-0.3, -0.25) is 15.5 Å². The van der Waals surface area contributed by atoms with Gasteiger partial charge in [-0.05, 0) is 12.1 Å². The fraction of sp³-hybridized carbons (Fsp3) is 0.0625. The molecule has 0 spiro atoms. The van der Waals surface area contributed by atoms with E-state index in [-0.39, 0.29) is 5.69 Å². The lowest BCUT2D eigenvalue weighted by atomic mass is 10.2. The minimum atomic E-state index is -0.448. The van der Waals surface area contributed by atoms with E-state index in [1.807, 2.05) is 35.9 Å². The summed E-state index contributed by atoms with van der Waals surface area (Å²) in [5.74, 6) is 0. The van der Waals surface area contributed by atoms with Crippen molar-refractivity contribution in [3.8, 4) is 0 Å². The predicted octanol–water partition coefficient (Wildman–Crippen LogP) is 4.19. The van der Waals surface area contributed by atoms with Crippen molar-refractivity contribution in [3.05, 3.63) is 69.4 Å². The molecule has 0 aliphatic heterocycles. The third-order valence-electron chi connectivity index (χ3n) is 3.52. The molecular formula is C16H13ClN4O2. The van der Waals surface area contributed by atoms with E-state index in [0.29, 0.717) is 10.8 Å². The Morgan fingerprint density at radius 1 is 1.26 bits per heavy atom. The summed E-state index contributed by atoms with van der Waals surface area (Å²) in [7, 11) is 1.88. The van der Waals surface area contributed by atoms with Crippen LogP contribution < -0.4 is 5.43 Å². The Morgan fingerprint density at radius 2 is 2.04 bits per heavy atom. The first-order valence-corrected chi connectivity index (χ1v) is 7.22. The van der Waals surface area contributed by atoms with Gasteiger partial charge in [0.2, 0.25) is 0 Å². The first-order chi connectivity index (χ1) is 11.1. The topological polar surface area (TPSA) is 72.5 Å². The maximum Gasteiger partial charge on any atom is 0.271 e. The number of benzene rings is 2. The third kappa shape index (κ3) is 2.89. The molecule has 1 N–H and O–H groups in total. The van der Waals surface area contributed by atoms with Crippen molar-refractivity contribution in [1.82, 2.24) is 4.57 Å². The molecular weight excluding hydrogens is 316 g/mol. The second-order valence-electron chi connectivity index (χ2n) is 4.96. The summed E-state index contributed by atoms with van der Waals surface area (Å²) in [6.45, 7) is 0. The van der Waals surface area contributed by atoms with E-state index in [9.17, 15) is 10.1 Å². The van der Waals surface area contributed by atoms with Crippen molar-refractivity contribution in [1.29, 1.82) is 0 Å². The Labute approximate surface area is 137 Å². The number of nitrogens with one attached hydrogen (secondary N) is 1. The quantitative estimate of drug-likeness (QED) is 0.443. The van der Waals surface area contributed by atoms with Gasteiger partial charge >= 0.3 is 0 Å². The molecule has 0 aliphatic carbocycles. The summed E-state index contributed by atoms with van der Waals surface area (Å²) in [4.78, 5) is 10.3. The van der Waals surface area contributed by atoms with E-state index in [4.69, 9.17) is 11.6 Å². The van der Waals surface area contributed by atoms with Crippen molar-refractivity contribution >= 4 is 40.1 Å². The first-order valence-electron chi connectivity index (χ1n) is 6.84. The summed E-state index contributed by atoms with van der Waals surface area (Å²) < 4.78 is 1.88. The van der Waals surface area contributed by atoms with E-state index < -0.39 is 4.92 Å². The molecule has 0 saturated carbocycles. The zero-order valence-electron chi connectivity index (χ0n) is 12.2. The van der Waals surface area contributed by atoms with E-state index in [1.165, 1.54) is 12.1 Å². The second-order valence-corrected chi connectivity index (χ2v) is 5.32. The summed E-state index contributed by atoms with van der Waals surface area (Å²) in [6.07, 6.45) is 1.61. The smallest absolute Gasteiger partial charge is 0.271 e. The van der Waals surface area contributed by atoms with Crippen molar-refractivity contribution < 1.29 is 4.92 Å². The van der Waals surface area contributed by atoms with E-state index in [2.05, 4.69) is 10.5 Å². The Kier molecular flexibility index (Phi) is 3.99. The number of non-ortho nitro benzene ring substituents is 1. The number of fused-ring (bicyclic) bond motifs is 1. The molecule has 0 radical (unpaired) electrons. The number of hydrazone groups is 1. The molecule has 2 aromatic carbocycles. The number of aromatic nitrogens is 1. The Balaban J connectivity index is 1.88. The molecule has 0 amide bonds. The van der Waals surface area contributed by atoms with Crippen molar-refractivity contribution in [2.75, 3.05) is 5.43 Å². The SMILES string of the molecule is Cn1c(Cl)c(/C=N\Nc2cccc([N+](=O)[O-])c2)c2ccccc21. The maximum absolute atomic E-state index is 10.8. The summed E-state index contributed by atoms with van der Waals surface area (Å²) >= 11 is 6.34. The van der Waals surface area contributed by atoms with Crippen LogP contribution in [0.15, 0.2) is 53.6 Å². The molecule has 0 fully saturated rings. The molecule has 0 saturated heterocycles. The van der Waals surface area contributed by atoms with E-state index >= 15 is 0 Å². The van der Waals surface area contributed by atoms with Gasteiger partial charge in [-0.2, -0.15) is 5.10 Å². The Hall–Kier alpha value is -2.86. The van der Waals surface area contributed by atoms with Crippen LogP contribution in [0.1, 0.15) is 5.56 Å². The standard InChI is InChI=1S/C16H13ClN4O2/c1-20-15-8-3-2-7-13(15)14(16(20)17)10-18-19-11-5-4-6-12(9-11)21(22)23/h2-10,19H,1H3/b18-10-. The third-order valence-corrected chi connectivity index (χ3v) is 3.97. The van der Waals surface area contributed by atoms with E-state index in [1.54, 1.807) is 18.3 Å². The van der Waals surface area contributed by atoms with Crippen LogP contribution in [0, 0.1) is 10.1 Å². The lowest BCUT2D eigenvalue weighted by Gasteiger charge is -1.99. The number of nitro benzene ring substituents is 1. The van der Waals surface area contributed by atoms with E-state index in [0.717, 1.165) is 16.5 Å². The highest BCUT2D eigenvalue weighted by Crippen LogP contribution is 2.27. The van der Waals surface area contributed by atoms with Gasteiger partial charge in [0, 0.05) is 35.6 Å². The average molecular weight is 329 g/mol. The largest absolute Gasteiger partial charge is 0.334 e. The Morgan fingerprint density at radius 3 is 2.83 bits per heavy atom. The minimum absolute atomic E-state index is 0.00777. The summed E-state index contributed by atoms with van der Waals surface area (Å²) in [6, 6.07) is 14.0. The lowest BCUT2D eigenvalue weighted by molar-refractivity contribution is -0.384. The zero-order valence-corrected chi connectivity index (χ0v) is 13.0. The highest BCUT2D eigenvalue weighted by Gasteiger charge is 2.11. The van der Waals surface area contributed by atoms with Crippen LogP contribution in [0.2, 0.25) is 5.15 Å². The molecule has 116 valence electrons. The molecule has 23 heavy (non-hydrogen) atoms.